The maximum Gasteiger partial charge on any atom is 0.345 e. The lowest BCUT2D eigenvalue weighted by Gasteiger charge is -2.34. The van der Waals surface area contributed by atoms with E-state index in [-0.39, 0.29) is 17.2 Å². The van der Waals surface area contributed by atoms with Crippen molar-refractivity contribution in [3.8, 4) is 0 Å². The first kappa shape index (κ1) is 20.5. The molecular formula is C18H19N5O5S. The number of hydrogen-bond donors (Lipinski definition) is 0. The lowest BCUT2D eigenvalue weighted by Crippen LogP contribution is -2.50. The van der Waals surface area contributed by atoms with E-state index >= 15 is 0 Å². The van der Waals surface area contributed by atoms with E-state index in [1.165, 1.54) is 23.9 Å². The Morgan fingerprint density at radius 3 is 2.52 bits per heavy atom. The molecule has 3 rings (SSSR count). The fourth-order valence-corrected chi connectivity index (χ4v) is 3.31. The van der Waals surface area contributed by atoms with Crippen molar-refractivity contribution in [1.29, 1.82) is 0 Å². The highest BCUT2D eigenvalue weighted by Gasteiger charge is 2.26. The van der Waals surface area contributed by atoms with Gasteiger partial charge in [-0.1, -0.05) is 0 Å². The van der Waals surface area contributed by atoms with Crippen LogP contribution in [0.2, 0.25) is 0 Å². The minimum Gasteiger partial charge on any atom is -0.452 e. The summed E-state index contributed by atoms with van der Waals surface area (Å²) in [5.41, 5.74) is -0.516. The van der Waals surface area contributed by atoms with Crippen molar-refractivity contribution >= 4 is 35.3 Å². The maximum absolute atomic E-state index is 12.4. The lowest BCUT2D eigenvalue weighted by atomic mass is 10.2. The van der Waals surface area contributed by atoms with Crippen LogP contribution in [0.1, 0.15) is 10.4 Å². The van der Waals surface area contributed by atoms with Crippen LogP contribution in [-0.4, -0.2) is 70.7 Å². The zero-order valence-electron chi connectivity index (χ0n) is 15.7. The summed E-state index contributed by atoms with van der Waals surface area (Å²) in [7, 11) is 0. The van der Waals surface area contributed by atoms with Crippen molar-refractivity contribution in [2.24, 2.45) is 0 Å². The number of carbonyl (C=O) groups excluding carboxylic acids is 2. The molecule has 1 aliphatic rings. The molecule has 1 amide bonds. The number of nitro groups is 1. The Morgan fingerprint density at radius 1 is 1.21 bits per heavy atom. The van der Waals surface area contributed by atoms with Crippen LogP contribution in [0, 0.1) is 10.1 Å². The van der Waals surface area contributed by atoms with Crippen LogP contribution in [0.5, 0.6) is 0 Å². The number of rotatable bonds is 6. The summed E-state index contributed by atoms with van der Waals surface area (Å²) in [6, 6.07) is 5.95. The molecule has 1 aliphatic heterocycles. The number of aromatic nitrogens is 2. The van der Waals surface area contributed by atoms with Gasteiger partial charge in [0.15, 0.2) is 6.61 Å². The van der Waals surface area contributed by atoms with Crippen LogP contribution < -0.4 is 4.90 Å². The van der Waals surface area contributed by atoms with Gasteiger partial charge >= 0.3 is 5.97 Å². The van der Waals surface area contributed by atoms with Gasteiger partial charge in [0.1, 0.15) is 5.56 Å². The molecule has 2 aromatic rings. The highest BCUT2D eigenvalue weighted by Crippen LogP contribution is 2.25. The van der Waals surface area contributed by atoms with E-state index in [2.05, 4.69) is 9.97 Å². The Hall–Kier alpha value is -3.21. The molecule has 0 spiro atoms. The minimum atomic E-state index is -0.891. The van der Waals surface area contributed by atoms with E-state index < -0.39 is 17.5 Å². The van der Waals surface area contributed by atoms with E-state index in [0.717, 1.165) is 0 Å². The first-order valence-electron chi connectivity index (χ1n) is 8.79. The molecule has 1 saturated heterocycles. The molecule has 2 heterocycles. The third-order valence-electron chi connectivity index (χ3n) is 4.41. The van der Waals surface area contributed by atoms with E-state index in [1.807, 2.05) is 4.90 Å². The topological polar surface area (TPSA) is 119 Å². The van der Waals surface area contributed by atoms with Gasteiger partial charge in [-0.3, -0.25) is 14.9 Å². The summed E-state index contributed by atoms with van der Waals surface area (Å²) in [5, 5.41) is 11.2. The molecule has 0 aliphatic carbocycles. The molecule has 0 atom stereocenters. The first-order valence-corrected chi connectivity index (χ1v) is 10.0. The molecule has 0 unspecified atom stereocenters. The van der Waals surface area contributed by atoms with Crippen LogP contribution in [0.4, 0.5) is 11.6 Å². The van der Waals surface area contributed by atoms with Gasteiger partial charge < -0.3 is 14.5 Å². The van der Waals surface area contributed by atoms with Gasteiger partial charge in [0.05, 0.1) is 4.92 Å². The van der Waals surface area contributed by atoms with Crippen molar-refractivity contribution in [2.75, 3.05) is 43.9 Å². The molecule has 29 heavy (non-hydrogen) atoms. The number of esters is 1. The predicted molar refractivity (Wildman–Crippen MR) is 106 cm³/mol. The molecule has 0 radical (unpaired) electrons. The average Bonchev–Trinajstić information content (AvgIpc) is 2.77. The normalized spacial score (nSPS) is 13.8. The second-order valence-corrected chi connectivity index (χ2v) is 7.01. The third kappa shape index (κ3) is 4.99. The molecular weight excluding hydrogens is 398 g/mol. The maximum atomic E-state index is 12.4. The summed E-state index contributed by atoms with van der Waals surface area (Å²) in [4.78, 5) is 47.8. The Labute approximate surface area is 171 Å². The van der Waals surface area contributed by atoms with Gasteiger partial charge in [0.2, 0.25) is 5.95 Å². The second kappa shape index (κ2) is 9.32. The van der Waals surface area contributed by atoms with Crippen LogP contribution in [0.15, 0.2) is 41.6 Å². The monoisotopic (exact) mass is 417 g/mol. The third-order valence-corrected chi connectivity index (χ3v) is 5.14. The smallest absolute Gasteiger partial charge is 0.345 e. The number of carbonyl (C=O) groups is 2. The van der Waals surface area contributed by atoms with E-state index in [9.17, 15) is 19.7 Å². The van der Waals surface area contributed by atoms with Crippen LogP contribution >= 0.6 is 11.8 Å². The number of piperazine rings is 1. The molecule has 1 aromatic carbocycles. The summed E-state index contributed by atoms with van der Waals surface area (Å²) < 4.78 is 5.06. The number of amides is 1. The number of benzene rings is 1. The van der Waals surface area contributed by atoms with E-state index in [1.54, 1.807) is 35.7 Å². The SMILES string of the molecule is CSc1ccc([N+](=O)[O-])c(C(=O)OCC(=O)N2CCN(c3ncccn3)CC2)c1. The predicted octanol–water partition coefficient (Wildman–Crippen LogP) is 1.61. The van der Waals surface area contributed by atoms with Gasteiger partial charge in [0, 0.05) is 49.5 Å². The van der Waals surface area contributed by atoms with Crippen LogP contribution in [0.3, 0.4) is 0 Å². The highest BCUT2D eigenvalue weighted by atomic mass is 32.2. The Morgan fingerprint density at radius 2 is 1.90 bits per heavy atom. The largest absolute Gasteiger partial charge is 0.452 e. The number of hydrogen-bond acceptors (Lipinski definition) is 9. The van der Waals surface area contributed by atoms with Crippen molar-refractivity contribution in [3.05, 3.63) is 52.3 Å². The second-order valence-electron chi connectivity index (χ2n) is 6.13. The molecule has 1 aromatic heterocycles. The van der Waals surface area contributed by atoms with Crippen LogP contribution in [-0.2, 0) is 9.53 Å². The number of thioether (sulfide) groups is 1. The Balaban J connectivity index is 1.56. The minimum absolute atomic E-state index is 0.166. The summed E-state index contributed by atoms with van der Waals surface area (Å²) in [6.07, 6.45) is 5.11. The first-order chi connectivity index (χ1) is 14.0. The number of ether oxygens (including phenoxy) is 1. The molecule has 152 valence electrons. The zero-order chi connectivity index (χ0) is 20.8. The van der Waals surface area contributed by atoms with Gasteiger partial charge in [-0.2, -0.15) is 0 Å². The average molecular weight is 417 g/mol. The fourth-order valence-electron chi connectivity index (χ4n) is 2.87. The van der Waals surface area contributed by atoms with Crippen molar-refractivity contribution < 1.29 is 19.2 Å². The molecule has 0 N–H and O–H groups in total. The van der Waals surface area contributed by atoms with Crippen molar-refractivity contribution in [2.45, 2.75) is 4.90 Å². The fraction of sp³-hybridized carbons (Fsp3) is 0.333. The molecule has 10 nitrogen and oxygen atoms in total. The molecule has 0 saturated carbocycles. The quantitative estimate of drug-likeness (QED) is 0.299. The number of nitrogens with zero attached hydrogens (tertiary/aromatic N) is 5. The van der Waals surface area contributed by atoms with Gasteiger partial charge in [-0.15, -0.1) is 11.8 Å². The Bertz CT molecular complexity index is 903. The van der Waals surface area contributed by atoms with Crippen molar-refractivity contribution in [3.63, 3.8) is 0 Å². The van der Waals surface area contributed by atoms with Crippen molar-refractivity contribution in [1.82, 2.24) is 14.9 Å². The summed E-state index contributed by atoms with van der Waals surface area (Å²) in [5.74, 6) is -0.639. The lowest BCUT2D eigenvalue weighted by molar-refractivity contribution is -0.385. The summed E-state index contributed by atoms with van der Waals surface area (Å²) in [6.45, 7) is 1.53. The number of anilines is 1. The Kier molecular flexibility index (Phi) is 6.60. The van der Waals surface area contributed by atoms with Gasteiger partial charge in [-0.25, -0.2) is 14.8 Å². The van der Waals surface area contributed by atoms with E-state index in [0.29, 0.717) is 37.0 Å². The van der Waals surface area contributed by atoms with E-state index in [4.69, 9.17) is 4.74 Å². The summed E-state index contributed by atoms with van der Waals surface area (Å²) >= 11 is 1.35. The molecule has 0 bridgehead atoms. The molecule has 11 heteroatoms. The zero-order valence-corrected chi connectivity index (χ0v) is 16.5. The van der Waals surface area contributed by atoms with Gasteiger partial charge in [-0.05, 0) is 24.5 Å². The number of nitro benzene ring substituents is 1. The van der Waals surface area contributed by atoms with Crippen LogP contribution in [0.25, 0.3) is 0 Å². The molecule has 1 fully saturated rings. The standard InChI is InChI=1S/C18H19N5O5S/c1-29-13-3-4-15(23(26)27)14(11-13)17(25)28-12-16(24)21-7-9-22(10-8-21)18-19-5-2-6-20-18/h2-6,11H,7-10,12H2,1H3. The van der Waals surface area contributed by atoms with Gasteiger partial charge in [0.25, 0.3) is 11.6 Å². The highest BCUT2D eigenvalue weighted by molar-refractivity contribution is 7.98.